The van der Waals surface area contributed by atoms with Gasteiger partial charge in [-0.1, -0.05) is 18.2 Å². The van der Waals surface area contributed by atoms with Crippen molar-refractivity contribution in [3.63, 3.8) is 0 Å². The molecule has 0 aromatic heterocycles. The summed E-state index contributed by atoms with van der Waals surface area (Å²) in [7, 11) is 0. The van der Waals surface area contributed by atoms with Gasteiger partial charge in [-0.25, -0.2) is 0 Å². The van der Waals surface area contributed by atoms with Crippen LogP contribution in [0.1, 0.15) is 0 Å². The van der Waals surface area contributed by atoms with Gasteiger partial charge >= 0.3 is 0 Å². The van der Waals surface area contributed by atoms with E-state index < -0.39 is 0 Å². The lowest BCUT2D eigenvalue weighted by atomic mass is 10.3. The van der Waals surface area contributed by atoms with Crippen LogP contribution < -0.4 is 4.90 Å². The van der Waals surface area contributed by atoms with E-state index in [2.05, 4.69) is 35.7 Å². The maximum Gasteiger partial charge on any atom is 0.0690 e. The van der Waals surface area contributed by atoms with Crippen LogP contribution in [0.5, 0.6) is 0 Å². The highest BCUT2D eigenvalue weighted by molar-refractivity contribution is 8.93. The standard InChI is InChI=1S/C10H11NS.BrH/c1-2-7-11-8-12-10-6-4-3-5-9(10)11;/h2-6H,1,7-8H2;1H. The Bertz CT molecular complexity index is 301. The average molecular weight is 258 g/mol. The van der Waals surface area contributed by atoms with Crippen molar-refractivity contribution in [1.29, 1.82) is 0 Å². The fourth-order valence-corrected chi connectivity index (χ4v) is 2.42. The summed E-state index contributed by atoms with van der Waals surface area (Å²) in [6, 6.07) is 8.51. The first-order chi connectivity index (χ1) is 5.92. The van der Waals surface area contributed by atoms with Gasteiger partial charge in [-0.05, 0) is 12.1 Å². The first kappa shape index (κ1) is 10.7. The number of hydrogen-bond acceptors (Lipinski definition) is 2. The second-order valence-electron chi connectivity index (χ2n) is 2.75. The van der Waals surface area contributed by atoms with Crippen molar-refractivity contribution in [1.82, 2.24) is 0 Å². The van der Waals surface area contributed by atoms with E-state index in [-0.39, 0.29) is 17.0 Å². The number of nitrogens with zero attached hydrogens (tertiary/aromatic N) is 1. The summed E-state index contributed by atoms with van der Waals surface area (Å²) >= 11 is 1.89. The van der Waals surface area contributed by atoms with Gasteiger partial charge in [0.05, 0.1) is 11.6 Å². The number of anilines is 1. The SMILES string of the molecule is Br.C=CCN1CSc2ccccc21. The Kier molecular flexibility index (Phi) is 3.88. The molecule has 13 heavy (non-hydrogen) atoms. The monoisotopic (exact) mass is 257 g/mol. The predicted molar refractivity (Wildman–Crippen MR) is 65.0 cm³/mol. The van der Waals surface area contributed by atoms with Crippen LogP contribution in [-0.2, 0) is 0 Å². The molecule has 1 aromatic rings. The molecule has 0 fully saturated rings. The fourth-order valence-electron chi connectivity index (χ4n) is 1.36. The largest absolute Gasteiger partial charge is 0.357 e. The lowest BCUT2D eigenvalue weighted by Crippen LogP contribution is -2.18. The number of rotatable bonds is 2. The molecule has 0 saturated carbocycles. The quantitative estimate of drug-likeness (QED) is 0.748. The van der Waals surface area contributed by atoms with Crippen molar-refractivity contribution >= 4 is 34.4 Å². The summed E-state index contributed by atoms with van der Waals surface area (Å²) in [6.45, 7) is 4.69. The van der Waals surface area contributed by atoms with E-state index in [1.807, 2.05) is 17.8 Å². The highest BCUT2D eigenvalue weighted by atomic mass is 79.9. The lowest BCUT2D eigenvalue weighted by Gasteiger charge is -2.14. The average Bonchev–Trinajstić information content (AvgIpc) is 2.50. The molecule has 0 radical (unpaired) electrons. The number of para-hydroxylation sites is 1. The molecular formula is C10H12BrNS. The van der Waals surface area contributed by atoms with Crippen molar-refractivity contribution in [2.75, 3.05) is 17.3 Å². The Morgan fingerprint density at radius 2 is 2.23 bits per heavy atom. The minimum atomic E-state index is 0. The van der Waals surface area contributed by atoms with Crippen LogP contribution in [0, 0.1) is 0 Å². The third-order valence-corrected chi connectivity index (χ3v) is 3.03. The highest BCUT2D eigenvalue weighted by Gasteiger charge is 2.16. The third-order valence-electron chi connectivity index (χ3n) is 1.93. The minimum Gasteiger partial charge on any atom is -0.357 e. The van der Waals surface area contributed by atoms with Gasteiger partial charge in [-0.2, -0.15) is 0 Å². The molecule has 0 spiro atoms. The fraction of sp³-hybridized carbons (Fsp3) is 0.200. The van der Waals surface area contributed by atoms with Crippen LogP contribution >= 0.6 is 28.7 Å². The zero-order chi connectivity index (χ0) is 8.39. The Morgan fingerprint density at radius 3 is 3.00 bits per heavy atom. The Labute approximate surface area is 93.6 Å². The van der Waals surface area contributed by atoms with Crippen molar-refractivity contribution in [2.45, 2.75) is 4.90 Å². The van der Waals surface area contributed by atoms with E-state index >= 15 is 0 Å². The molecule has 0 amide bonds. The summed E-state index contributed by atoms with van der Waals surface area (Å²) in [6.07, 6.45) is 1.95. The molecule has 3 heteroatoms. The second kappa shape index (κ2) is 4.72. The molecule has 1 aliphatic heterocycles. The topological polar surface area (TPSA) is 3.24 Å². The van der Waals surface area contributed by atoms with Crippen LogP contribution in [0.4, 0.5) is 5.69 Å². The van der Waals surface area contributed by atoms with Crippen LogP contribution in [-0.4, -0.2) is 12.4 Å². The molecule has 1 aromatic carbocycles. The molecule has 1 nitrogen and oxygen atoms in total. The van der Waals surface area contributed by atoms with Crippen molar-refractivity contribution in [3.05, 3.63) is 36.9 Å². The molecule has 0 N–H and O–H groups in total. The molecule has 0 bridgehead atoms. The summed E-state index contributed by atoms with van der Waals surface area (Å²) < 4.78 is 0. The summed E-state index contributed by atoms with van der Waals surface area (Å²) in [4.78, 5) is 3.71. The van der Waals surface area contributed by atoms with Gasteiger partial charge in [0, 0.05) is 11.4 Å². The molecule has 2 rings (SSSR count). The number of benzene rings is 1. The second-order valence-corrected chi connectivity index (χ2v) is 3.74. The van der Waals surface area contributed by atoms with Crippen LogP contribution in [0.3, 0.4) is 0 Å². The molecule has 0 unspecified atom stereocenters. The van der Waals surface area contributed by atoms with Gasteiger partial charge in [0.2, 0.25) is 0 Å². The first-order valence-corrected chi connectivity index (χ1v) is 4.98. The highest BCUT2D eigenvalue weighted by Crippen LogP contribution is 2.37. The Balaban J connectivity index is 0.000000845. The van der Waals surface area contributed by atoms with E-state index in [0.29, 0.717) is 0 Å². The van der Waals surface area contributed by atoms with E-state index in [0.717, 1.165) is 12.4 Å². The molecular weight excluding hydrogens is 246 g/mol. The lowest BCUT2D eigenvalue weighted by molar-refractivity contribution is 1.01. The number of halogens is 1. The maximum atomic E-state index is 3.75. The molecule has 0 aliphatic carbocycles. The van der Waals surface area contributed by atoms with Gasteiger partial charge in [-0.15, -0.1) is 35.3 Å². The van der Waals surface area contributed by atoms with Gasteiger partial charge in [0.1, 0.15) is 0 Å². The van der Waals surface area contributed by atoms with Crippen LogP contribution in [0.2, 0.25) is 0 Å². The smallest absolute Gasteiger partial charge is 0.0690 e. The zero-order valence-electron chi connectivity index (χ0n) is 7.27. The van der Waals surface area contributed by atoms with Gasteiger partial charge in [0.25, 0.3) is 0 Å². The maximum absolute atomic E-state index is 3.75. The number of hydrogen-bond donors (Lipinski definition) is 0. The summed E-state index contributed by atoms with van der Waals surface area (Å²) in [5.74, 6) is 1.06. The molecule has 0 atom stereocenters. The van der Waals surface area contributed by atoms with E-state index in [4.69, 9.17) is 0 Å². The zero-order valence-corrected chi connectivity index (χ0v) is 9.80. The van der Waals surface area contributed by atoms with Crippen molar-refractivity contribution in [2.24, 2.45) is 0 Å². The van der Waals surface area contributed by atoms with Crippen LogP contribution in [0.25, 0.3) is 0 Å². The van der Waals surface area contributed by atoms with Crippen molar-refractivity contribution < 1.29 is 0 Å². The molecule has 0 saturated heterocycles. The normalized spacial score (nSPS) is 13.4. The minimum absolute atomic E-state index is 0. The van der Waals surface area contributed by atoms with Gasteiger partial charge in [0.15, 0.2) is 0 Å². The van der Waals surface area contributed by atoms with Crippen molar-refractivity contribution in [3.8, 4) is 0 Å². The third kappa shape index (κ3) is 2.09. The molecule has 70 valence electrons. The van der Waals surface area contributed by atoms with Gasteiger partial charge in [-0.3, -0.25) is 0 Å². The summed E-state index contributed by atoms with van der Waals surface area (Å²) in [5.41, 5.74) is 1.35. The first-order valence-electron chi connectivity index (χ1n) is 3.99. The molecule has 1 heterocycles. The van der Waals surface area contributed by atoms with Crippen LogP contribution in [0.15, 0.2) is 41.8 Å². The van der Waals surface area contributed by atoms with E-state index in [1.165, 1.54) is 10.6 Å². The Morgan fingerprint density at radius 1 is 1.46 bits per heavy atom. The number of thioether (sulfide) groups is 1. The van der Waals surface area contributed by atoms with E-state index in [9.17, 15) is 0 Å². The number of fused-ring (bicyclic) bond motifs is 1. The Hall–Kier alpha value is -0.410. The predicted octanol–water partition coefficient (Wildman–Crippen LogP) is 3.32. The van der Waals surface area contributed by atoms with E-state index in [1.54, 1.807) is 0 Å². The van der Waals surface area contributed by atoms with Gasteiger partial charge < -0.3 is 4.90 Å². The summed E-state index contributed by atoms with van der Waals surface area (Å²) in [5, 5.41) is 0. The molecule has 1 aliphatic rings.